The molecule has 0 bridgehead atoms. The predicted octanol–water partition coefficient (Wildman–Crippen LogP) is 4.90. The minimum absolute atomic E-state index is 0.0629. The van der Waals surface area contributed by atoms with Gasteiger partial charge in [0, 0.05) is 6.42 Å². The average molecular weight is 284 g/mol. The van der Waals surface area contributed by atoms with Crippen molar-refractivity contribution in [2.45, 2.75) is 45.4 Å². The summed E-state index contributed by atoms with van der Waals surface area (Å²) in [6.45, 7) is 2.34. The van der Waals surface area contributed by atoms with Crippen LogP contribution < -0.4 is 0 Å². The zero-order chi connectivity index (χ0) is 14.9. The average Bonchev–Trinajstić information content (AvgIpc) is 2.51. The van der Waals surface area contributed by atoms with Gasteiger partial charge in [-0.3, -0.25) is 4.79 Å². The van der Waals surface area contributed by atoms with Crippen LogP contribution in [0.1, 0.15) is 44.6 Å². The van der Waals surface area contributed by atoms with Crippen molar-refractivity contribution in [1.82, 2.24) is 0 Å². The molecule has 2 rings (SSSR count). The summed E-state index contributed by atoms with van der Waals surface area (Å²) in [5.41, 5.74) is 1.40. The highest BCUT2D eigenvalue weighted by molar-refractivity contribution is 5.82. The lowest BCUT2D eigenvalue weighted by molar-refractivity contribution is -0.143. The quantitative estimate of drug-likeness (QED) is 0.509. The Hall–Kier alpha value is -1.83. The number of ether oxygens (including phenoxy) is 1. The van der Waals surface area contributed by atoms with E-state index in [0.29, 0.717) is 13.0 Å². The fraction of sp³-hybridized carbons (Fsp3) is 0.421. The van der Waals surface area contributed by atoms with E-state index in [0.717, 1.165) is 19.3 Å². The maximum atomic E-state index is 11.2. The molecule has 2 heteroatoms. The fourth-order valence-corrected chi connectivity index (χ4v) is 2.58. The first kappa shape index (κ1) is 15.6. The Morgan fingerprint density at radius 1 is 0.952 bits per heavy atom. The molecule has 0 N–H and O–H groups in total. The Bertz CT molecular complexity index is 575. The van der Waals surface area contributed by atoms with Gasteiger partial charge >= 0.3 is 5.97 Å². The van der Waals surface area contributed by atoms with Crippen molar-refractivity contribution in [2.24, 2.45) is 0 Å². The maximum absolute atomic E-state index is 11.2. The van der Waals surface area contributed by atoms with E-state index in [1.54, 1.807) is 0 Å². The van der Waals surface area contributed by atoms with Crippen molar-refractivity contribution in [1.29, 1.82) is 0 Å². The monoisotopic (exact) mass is 284 g/mol. The van der Waals surface area contributed by atoms with Gasteiger partial charge in [-0.15, -0.1) is 0 Å². The summed E-state index contributed by atoms with van der Waals surface area (Å²) in [6, 6.07) is 15.2. The number of benzene rings is 2. The fourth-order valence-electron chi connectivity index (χ4n) is 2.58. The van der Waals surface area contributed by atoms with E-state index >= 15 is 0 Å². The van der Waals surface area contributed by atoms with E-state index in [1.165, 1.54) is 29.2 Å². The van der Waals surface area contributed by atoms with Crippen LogP contribution in [0.2, 0.25) is 0 Å². The smallest absolute Gasteiger partial charge is 0.305 e. The number of carbonyl (C=O) groups excluding carboxylic acids is 1. The van der Waals surface area contributed by atoms with Crippen LogP contribution in [-0.2, 0) is 16.0 Å². The summed E-state index contributed by atoms with van der Waals surface area (Å²) >= 11 is 0. The number of rotatable bonds is 8. The molecule has 0 fully saturated rings. The van der Waals surface area contributed by atoms with Crippen LogP contribution in [0.25, 0.3) is 10.8 Å². The highest BCUT2D eigenvalue weighted by Gasteiger charge is 2.01. The zero-order valence-corrected chi connectivity index (χ0v) is 12.8. The minimum Gasteiger partial charge on any atom is -0.466 e. The van der Waals surface area contributed by atoms with Crippen LogP contribution in [0.4, 0.5) is 0 Å². The number of esters is 1. The highest BCUT2D eigenvalue weighted by Crippen LogP contribution is 2.17. The van der Waals surface area contributed by atoms with Crippen LogP contribution in [0.15, 0.2) is 42.5 Å². The molecule has 0 saturated heterocycles. The second-order valence-electron chi connectivity index (χ2n) is 5.40. The van der Waals surface area contributed by atoms with Crippen molar-refractivity contribution in [3.8, 4) is 0 Å². The van der Waals surface area contributed by atoms with Gasteiger partial charge in [0.1, 0.15) is 0 Å². The zero-order valence-electron chi connectivity index (χ0n) is 12.8. The molecule has 2 aromatic carbocycles. The van der Waals surface area contributed by atoms with Crippen LogP contribution >= 0.6 is 0 Å². The van der Waals surface area contributed by atoms with Gasteiger partial charge in [0.15, 0.2) is 0 Å². The molecule has 0 aliphatic rings. The minimum atomic E-state index is -0.0629. The summed E-state index contributed by atoms with van der Waals surface area (Å²) in [6.07, 6.45) is 6.07. The first-order valence-corrected chi connectivity index (χ1v) is 7.93. The van der Waals surface area contributed by atoms with Gasteiger partial charge in [-0.2, -0.15) is 0 Å². The molecule has 0 radical (unpaired) electrons. The Morgan fingerprint density at radius 2 is 1.71 bits per heavy atom. The molecule has 0 aliphatic carbocycles. The van der Waals surface area contributed by atoms with Crippen molar-refractivity contribution in [3.63, 3.8) is 0 Å². The molecule has 112 valence electrons. The molecule has 0 amide bonds. The lowest BCUT2D eigenvalue weighted by Gasteiger charge is -2.04. The van der Waals surface area contributed by atoms with Crippen molar-refractivity contribution in [2.75, 3.05) is 6.61 Å². The largest absolute Gasteiger partial charge is 0.466 e. The Morgan fingerprint density at radius 3 is 2.52 bits per heavy atom. The lowest BCUT2D eigenvalue weighted by Crippen LogP contribution is -2.03. The number of hydrogen-bond donors (Lipinski definition) is 0. The third-order valence-electron chi connectivity index (χ3n) is 3.72. The van der Waals surface area contributed by atoms with E-state index < -0.39 is 0 Å². The first-order valence-electron chi connectivity index (χ1n) is 7.93. The number of aryl methyl sites for hydroxylation is 1. The van der Waals surface area contributed by atoms with Crippen molar-refractivity contribution in [3.05, 3.63) is 48.0 Å². The summed E-state index contributed by atoms with van der Waals surface area (Å²) < 4.78 is 4.92. The Balaban J connectivity index is 1.67. The van der Waals surface area contributed by atoms with E-state index in [4.69, 9.17) is 4.74 Å². The second kappa shape index (κ2) is 8.46. The second-order valence-corrected chi connectivity index (χ2v) is 5.40. The number of carbonyl (C=O) groups is 1. The molecular weight excluding hydrogens is 260 g/mol. The van der Waals surface area contributed by atoms with E-state index in [-0.39, 0.29) is 5.97 Å². The molecule has 0 aliphatic heterocycles. The third kappa shape index (κ3) is 5.22. The number of unbranched alkanes of at least 4 members (excludes halogenated alkanes) is 3. The lowest BCUT2D eigenvalue weighted by atomic mass is 10.0. The Kier molecular flexibility index (Phi) is 6.26. The number of fused-ring (bicyclic) bond motifs is 1. The van der Waals surface area contributed by atoms with Crippen LogP contribution in [0, 0.1) is 0 Å². The third-order valence-corrected chi connectivity index (χ3v) is 3.72. The molecule has 2 nitrogen and oxygen atoms in total. The van der Waals surface area contributed by atoms with Gasteiger partial charge in [0.2, 0.25) is 0 Å². The Labute approximate surface area is 127 Å². The van der Waals surface area contributed by atoms with Gasteiger partial charge < -0.3 is 4.74 Å². The summed E-state index contributed by atoms with van der Waals surface area (Å²) in [5, 5.41) is 2.62. The SMILES string of the molecule is CCOC(=O)CCCCCCc1ccc2ccccc2c1. The standard InChI is InChI=1S/C19H24O2/c1-2-21-19(20)12-6-4-3-5-9-16-13-14-17-10-7-8-11-18(17)15-16/h7-8,10-11,13-15H,2-6,9,12H2,1H3. The van der Waals surface area contributed by atoms with E-state index in [1.807, 2.05) is 6.92 Å². The summed E-state index contributed by atoms with van der Waals surface area (Å²) in [5.74, 6) is -0.0629. The van der Waals surface area contributed by atoms with Crippen LogP contribution in [0.5, 0.6) is 0 Å². The van der Waals surface area contributed by atoms with Crippen molar-refractivity contribution < 1.29 is 9.53 Å². The van der Waals surface area contributed by atoms with E-state index in [2.05, 4.69) is 42.5 Å². The predicted molar refractivity (Wildman–Crippen MR) is 87.4 cm³/mol. The first-order chi connectivity index (χ1) is 10.3. The highest BCUT2D eigenvalue weighted by atomic mass is 16.5. The summed E-state index contributed by atoms with van der Waals surface area (Å²) in [4.78, 5) is 11.2. The normalized spacial score (nSPS) is 10.7. The molecule has 0 unspecified atom stereocenters. The molecular formula is C19H24O2. The van der Waals surface area contributed by atoms with Gasteiger partial charge in [-0.1, -0.05) is 55.3 Å². The summed E-state index contributed by atoms with van der Waals surface area (Å²) in [7, 11) is 0. The molecule has 0 atom stereocenters. The van der Waals surface area contributed by atoms with Crippen molar-refractivity contribution >= 4 is 16.7 Å². The maximum Gasteiger partial charge on any atom is 0.305 e. The van der Waals surface area contributed by atoms with Crippen LogP contribution in [-0.4, -0.2) is 12.6 Å². The van der Waals surface area contributed by atoms with Crippen LogP contribution in [0.3, 0.4) is 0 Å². The van der Waals surface area contributed by atoms with Gasteiger partial charge in [-0.05, 0) is 42.5 Å². The topological polar surface area (TPSA) is 26.3 Å². The van der Waals surface area contributed by atoms with Gasteiger partial charge in [-0.25, -0.2) is 0 Å². The molecule has 0 saturated carbocycles. The number of hydrogen-bond acceptors (Lipinski definition) is 2. The van der Waals surface area contributed by atoms with E-state index in [9.17, 15) is 4.79 Å². The molecule has 0 heterocycles. The molecule has 21 heavy (non-hydrogen) atoms. The van der Waals surface area contributed by atoms with Gasteiger partial charge in [0.05, 0.1) is 6.61 Å². The molecule has 0 aromatic heterocycles. The molecule has 0 spiro atoms. The van der Waals surface area contributed by atoms with Gasteiger partial charge in [0.25, 0.3) is 0 Å². The molecule has 2 aromatic rings.